The summed E-state index contributed by atoms with van der Waals surface area (Å²) in [5.41, 5.74) is 0. The van der Waals surface area contributed by atoms with Crippen molar-refractivity contribution in [3.05, 3.63) is 30.3 Å². The summed E-state index contributed by atoms with van der Waals surface area (Å²) in [6, 6.07) is 8.98. The molecule has 0 fully saturated rings. The molecule has 0 bridgehead atoms. The fourth-order valence-corrected chi connectivity index (χ4v) is 1.61. The second-order valence-electron chi connectivity index (χ2n) is 2.08. The monoisotopic (exact) mass is 156 g/mol. The van der Waals surface area contributed by atoms with Crippen LogP contribution in [0.4, 0.5) is 4.39 Å². The van der Waals surface area contributed by atoms with Gasteiger partial charge in [0.1, 0.15) is 6.30 Å². The van der Waals surface area contributed by atoms with E-state index in [1.54, 1.807) is 24.3 Å². The van der Waals surface area contributed by atoms with Gasteiger partial charge in [0, 0.05) is 0 Å². The van der Waals surface area contributed by atoms with E-state index in [1.807, 2.05) is 6.07 Å². The van der Waals surface area contributed by atoms with Crippen molar-refractivity contribution in [2.24, 2.45) is 0 Å². The summed E-state index contributed by atoms with van der Waals surface area (Å²) >= 11 is 0. The van der Waals surface area contributed by atoms with Crippen LogP contribution in [0.2, 0.25) is 0 Å². The first kappa shape index (κ1) is 7.43. The minimum Gasteiger partial charge on any atom is -0.428 e. The van der Waals surface area contributed by atoms with E-state index in [9.17, 15) is 4.39 Å². The van der Waals surface area contributed by atoms with E-state index < -0.39 is 15.3 Å². The van der Waals surface area contributed by atoms with Gasteiger partial charge in [-0.15, -0.1) is 0 Å². The molecule has 54 valence electrons. The van der Waals surface area contributed by atoms with Crippen LogP contribution in [0.3, 0.4) is 0 Å². The molecular formula is C7H9FOSi. The maximum atomic E-state index is 11.9. The molecular weight excluding hydrogens is 147 g/mol. The molecule has 1 nitrogen and oxygen atoms in total. The average Bonchev–Trinajstić information content (AvgIpc) is 2.05. The Morgan fingerprint density at radius 3 is 2.40 bits per heavy atom. The first-order valence-electron chi connectivity index (χ1n) is 3.13. The molecule has 1 aromatic rings. The van der Waals surface area contributed by atoms with Crippen LogP contribution in [0, 0.1) is 0 Å². The van der Waals surface area contributed by atoms with Crippen LogP contribution in [-0.4, -0.2) is 20.1 Å². The van der Waals surface area contributed by atoms with E-state index in [-0.39, 0.29) is 0 Å². The molecule has 1 atom stereocenters. The molecule has 0 saturated heterocycles. The molecule has 1 unspecified atom stereocenters. The largest absolute Gasteiger partial charge is 0.428 e. The number of alkyl halides is 1. The zero-order valence-electron chi connectivity index (χ0n) is 5.50. The molecule has 0 aliphatic carbocycles. The quantitative estimate of drug-likeness (QED) is 0.603. The van der Waals surface area contributed by atoms with Gasteiger partial charge in [-0.2, -0.15) is 0 Å². The molecule has 0 aromatic heterocycles. The third-order valence-corrected chi connectivity index (χ3v) is 2.78. The molecule has 1 rings (SSSR count). The van der Waals surface area contributed by atoms with Gasteiger partial charge < -0.3 is 4.80 Å². The SMILES string of the molecule is O[SiH](CF)c1ccccc1. The van der Waals surface area contributed by atoms with E-state index in [1.165, 1.54) is 0 Å². The highest BCUT2D eigenvalue weighted by Crippen LogP contribution is 1.85. The lowest BCUT2D eigenvalue weighted by atomic mass is 10.4. The number of benzene rings is 1. The molecule has 0 aliphatic heterocycles. The third-order valence-electron chi connectivity index (χ3n) is 1.33. The molecule has 0 radical (unpaired) electrons. The molecule has 0 spiro atoms. The summed E-state index contributed by atoms with van der Waals surface area (Å²) in [5, 5.41) is 0.769. The first-order chi connectivity index (χ1) is 4.84. The van der Waals surface area contributed by atoms with Crippen molar-refractivity contribution < 1.29 is 9.19 Å². The number of rotatable bonds is 2. The predicted molar refractivity (Wildman–Crippen MR) is 41.4 cm³/mol. The van der Waals surface area contributed by atoms with Crippen molar-refractivity contribution in [1.29, 1.82) is 0 Å². The third kappa shape index (κ3) is 1.65. The van der Waals surface area contributed by atoms with Crippen molar-refractivity contribution >= 4 is 14.2 Å². The van der Waals surface area contributed by atoms with Crippen LogP contribution >= 0.6 is 0 Å². The fraction of sp³-hybridized carbons (Fsp3) is 0.143. The summed E-state index contributed by atoms with van der Waals surface area (Å²) in [6.45, 7) is 0. The highest BCUT2D eigenvalue weighted by molar-refractivity contribution is 6.65. The van der Waals surface area contributed by atoms with Crippen molar-refractivity contribution in [2.45, 2.75) is 0 Å². The minimum absolute atomic E-state index is 0.579. The number of halogens is 1. The first-order valence-corrected chi connectivity index (χ1v) is 5.04. The van der Waals surface area contributed by atoms with Gasteiger partial charge in [0.15, 0.2) is 0 Å². The molecule has 1 aromatic carbocycles. The molecule has 3 heteroatoms. The van der Waals surface area contributed by atoms with Crippen LogP contribution in [0.25, 0.3) is 0 Å². The van der Waals surface area contributed by atoms with Crippen LogP contribution in [-0.2, 0) is 0 Å². The van der Waals surface area contributed by atoms with E-state index in [2.05, 4.69) is 0 Å². The molecule has 1 N–H and O–H groups in total. The Balaban J connectivity index is 2.75. The van der Waals surface area contributed by atoms with Gasteiger partial charge in [0.25, 0.3) is 0 Å². The summed E-state index contributed by atoms with van der Waals surface area (Å²) in [6.07, 6.45) is -0.579. The molecule has 0 aliphatic rings. The van der Waals surface area contributed by atoms with E-state index >= 15 is 0 Å². The highest BCUT2D eigenvalue weighted by Gasteiger charge is 2.07. The fourth-order valence-electron chi connectivity index (χ4n) is 0.764. The van der Waals surface area contributed by atoms with Crippen molar-refractivity contribution in [1.82, 2.24) is 0 Å². The Labute approximate surface area is 60.9 Å². The second-order valence-corrected chi connectivity index (χ2v) is 4.09. The van der Waals surface area contributed by atoms with Gasteiger partial charge in [-0.25, -0.2) is 0 Å². The summed E-state index contributed by atoms with van der Waals surface area (Å²) < 4.78 is 11.9. The summed E-state index contributed by atoms with van der Waals surface area (Å²) in [5.74, 6) is 0. The standard InChI is InChI=1S/C7H9FOSi/c8-6-10(9)7-4-2-1-3-5-7/h1-5,9-10H,6H2. The maximum Gasteiger partial charge on any atom is 0.234 e. The van der Waals surface area contributed by atoms with Gasteiger partial charge in [0.2, 0.25) is 9.04 Å². The minimum atomic E-state index is -2.21. The average molecular weight is 156 g/mol. The Morgan fingerprint density at radius 1 is 1.30 bits per heavy atom. The molecule has 0 amide bonds. The Hall–Kier alpha value is -0.673. The van der Waals surface area contributed by atoms with Crippen LogP contribution in [0.5, 0.6) is 0 Å². The van der Waals surface area contributed by atoms with Gasteiger partial charge in [-0.1, -0.05) is 30.3 Å². The predicted octanol–water partition coefficient (Wildman–Crippen LogP) is 0.118. The zero-order valence-corrected chi connectivity index (χ0v) is 6.65. The van der Waals surface area contributed by atoms with Crippen LogP contribution in [0.1, 0.15) is 0 Å². The number of hydrogen-bond donors (Lipinski definition) is 1. The van der Waals surface area contributed by atoms with Gasteiger partial charge in [-0.05, 0) is 5.19 Å². The lowest BCUT2D eigenvalue weighted by molar-refractivity contribution is 0.509. The highest BCUT2D eigenvalue weighted by atomic mass is 28.3. The Kier molecular flexibility index (Phi) is 2.59. The smallest absolute Gasteiger partial charge is 0.234 e. The normalized spacial score (nSPS) is 13.0. The zero-order chi connectivity index (χ0) is 7.40. The lowest BCUT2D eigenvalue weighted by Gasteiger charge is -2.01. The lowest BCUT2D eigenvalue weighted by Crippen LogP contribution is -2.32. The van der Waals surface area contributed by atoms with E-state index in [4.69, 9.17) is 4.80 Å². The van der Waals surface area contributed by atoms with Crippen LogP contribution in [0.15, 0.2) is 30.3 Å². The molecule has 0 saturated carbocycles. The van der Waals surface area contributed by atoms with Gasteiger partial charge >= 0.3 is 0 Å². The van der Waals surface area contributed by atoms with Gasteiger partial charge in [0.05, 0.1) is 0 Å². The van der Waals surface area contributed by atoms with Crippen molar-refractivity contribution in [3.63, 3.8) is 0 Å². The summed E-state index contributed by atoms with van der Waals surface area (Å²) in [7, 11) is -2.21. The molecule has 0 heterocycles. The van der Waals surface area contributed by atoms with Crippen molar-refractivity contribution in [2.75, 3.05) is 6.30 Å². The maximum absolute atomic E-state index is 11.9. The Bertz CT molecular complexity index is 190. The topological polar surface area (TPSA) is 20.2 Å². The summed E-state index contributed by atoms with van der Waals surface area (Å²) in [4.78, 5) is 9.09. The van der Waals surface area contributed by atoms with Crippen LogP contribution < -0.4 is 5.19 Å². The number of hydrogen-bond acceptors (Lipinski definition) is 1. The second kappa shape index (κ2) is 3.48. The van der Waals surface area contributed by atoms with Crippen molar-refractivity contribution in [3.8, 4) is 0 Å². The van der Waals surface area contributed by atoms with Gasteiger partial charge in [-0.3, -0.25) is 4.39 Å². The van der Waals surface area contributed by atoms with E-state index in [0.29, 0.717) is 0 Å². The Morgan fingerprint density at radius 2 is 1.90 bits per heavy atom. The molecule has 10 heavy (non-hydrogen) atoms. The van der Waals surface area contributed by atoms with E-state index in [0.717, 1.165) is 5.19 Å².